The van der Waals surface area contributed by atoms with Crippen LogP contribution >= 0.6 is 15.9 Å². The molecule has 0 bridgehead atoms. The smallest absolute Gasteiger partial charge is 0.307 e. The number of benzene rings is 3. The lowest BCUT2D eigenvalue weighted by atomic mass is 10.1. The van der Waals surface area contributed by atoms with E-state index in [0.29, 0.717) is 33.7 Å². The first-order valence-electron chi connectivity index (χ1n) is 12.4. The van der Waals surface area contributed by atoms with Gasteiger partial charge in [-0.15, -0.1) is 0 Å². The molecule has 2 aromatic heterocycles. The standard InChI is InChI=1S/C30H25BrFN3O3/c1-30(2)26(27(30)29(36)37)28-34-24-14-21(38-16-20-10-8-17-5-3-4-6-23(17)33-20)11-12-25(24)35(28)15-18-7-9-19(31)13-22(18)32/h3-14,26-27H,15-16H2,1-2H3,(H,36,37)/t26-,27+/m1/s1. The van der Waals surface area contributed by atoms with Gasteiger partial charge in [0.2, 0.25) is 0 Å². The van der Waals surface area contributed by atoms with Crippen molar-refractivity contribution < 1.29 is 19.0 Å². The van der Waals surface area contributed by atoms with E-state index in [1.54, 1.807) is 12.1 Å². The third-order valence-corrected chi connectivity index (χ3v) is 8.00. The molecule has 0 spiro atoms. The van der Waals surface area contributed by atoms with E-state index in [1.165, 1.54) is 6.07 Å². The zero-order chi connectivity index (χ0) is 26.6. The summed E-state index contributed by atoms with van der Waals surface area (Å²) in [5.41, 5.74) is 3.24. The number of imidazole rings is 1. The van der Waals surface area contributed by atoms with Crippen LogP contribution < -0.4 is 4.74 Å². The number of hydrogen-bond acceptors (Lipinski definition) is 4. The van der Waals surface area contributed by atoms with Gasteiger partial charge in [-0.2, -0.15) is 0 Å². The average molecular weight is 574 g/mol. The first kappa shape index (κ1) is 24.6. The fourth-order valence-corrected chi connectivity index (χ4v) is 5.70. The van der Waals surface area contributed by atoms with E-state index in [0.717, 1.165) is 22.1 Å². The normalized spacial score (nSPS) is 18.1. The van der Waals surface area contributed by atoms with Crippen LogP contribution in [0.4, 0.5) is 4.39 Å². The van der Waals surface area contributed by atoms with Crippen molar-refractivity contribution in [2.75, 3.05) is 0 Å². The topological polar surface area (TPSA) is 77.2 Å². The first-order chi connectivity index (χ1) is 18.2. The van der Waals surface area contributed by atoms with Crippen LogP contribution in [-0.2, 0) is 17.9 Å². The van der Waals surface area contributed by atoms with Gasteiger partial charge in [-0.05, 0) is 41.8 Å². The molecule has 0 radical (unpaired) electrons. The average Bonchev–Trinajstić information content (AvgIpc) is 3.31. The Bertz CT molecular complexity index is 1710. The number of nitrogens with zero attached hydrogens (tertiary/aromatic N) is 3. The molecule has 38 heavy (non-hydrogen) atoms. The van der Waals surface area contributed by atoms with Crippen LogP contribution in [0.15, 0.2) is 77.3 Å². The van der Waals surface area contributed by atoms with Crippen LogP contribution in [0.3, 0.4) is 0 Å². The quantitative estimate of drug-likeness (QED) is 0.228. The highest BCUT2D eigenvalue weighted by Gasteiger charge is 2.64. The van der Waals surface area contributed by atoms with Gasteiger partial charge in [-0.1, -0.05) is 60.1 Å². The molecule has 2 heterocycles. The van der Waals surface area contributed by atoms with Crippen molar-refractivity contribution in [1.29, 1.82) is 0 Å². The molecule has 0 amide bonds. The zero-order valence-corrected chi connectivity index (χ0v) is 22.4. The van der Waals surface area contributed by atoms with Crippen LogP contribution in [0, 0.1) is 17.2 Å². The molecule has 1 aliphatic rings. The van der Waals surface area contributed by atoms with E-state index in [9.17, 15) is 14.3 Å². The Hall–Kier alpha value is -3.78. The van der Waals surface area contributed by atoms with Gasteiger partial charge in [0.25, 0.3) is 0 Å². The lowest BCUT2D eigenvalue weighted by Crippen LogP contribution is -2.08. The van der Waals surface area contributed by atoms with Crippen molar-refractivity contribution in [3.63, 3.8) is 0 Å². The molecule has 0 aliphatic heterocycles. The van der Waals surface area contributed by atoms with Gasteiger partial charge in [-0.25, -0.2) is 14.4 Å². The summed E-state index contributed by atoms with van der Waals surface area (Å²) < 4.78 is 23.4. The fourth-order valence-electron chi connectivity index (χ4n) is 5.37. The molecule has 3 aromatic carbocycles. The Kier molecular flexibility index (Phi) is 5.94. The SMILES string of the molecule is CC1(C)[C@H](C(=O)O)[C@@H]1c1nc2cc(OCc3ccc4ccccc4n3)ccc2n1Cc1ccc(Br)cc1F. The van der Waals surface area contributed by atoms with Crippen molar-refractivity contribution in [2.24, 2.45) is 11.3 Å². The van der Waals surface area contributed by atoms with Gasteiger partial charge in [-0.3, -0.25) is 4.79 Å². The van der Waals surface area contributed by atoms with Gasteiger partial charge in [0.15, 0.2) is 0 Å². The number of halogens is 2. The molecule has 1 saturated carbocycles. The summed E-state index contributed by atoms with van der Waals surface area (Å²) in [6.07, 6.45) is 0. The number of fused-ring (bicyclic) bond motifs is 2. The number of aliphatic carboxylic acids is 1. The predicted molar refractivity (Wildman–Crippen MR) is 147 cm³/mol. The summed E-state index contributed by atoms with van der Waals surface area (Å²) in [5, 5.41) is 10.9. The van der Waals surface area contributed by atoms with Crippen LogP contribution in [0.5, 0.6) is 5.75 Å². The third-order valence-electron chi connectivity index (χ3n) is 7.51. The molecule has 1 aliphatic carbocycles. The zero-order valence-electron chi connectivity index (χ0n) is 20.9. The largest absolute Gasteiger partial charge is 0.487 e. The molecule has 1 fully saturated rings. The number of carboxylic acids is 1. The molecular weight excluding hydrogens is 549 g/mol. The van der Waals surface area contributed by atoms with Crippen molar-refractivity contribution >= 4 is 43.8 Å². The lowest BCUT2D eigenvalue weighted by molar-refractivity contribution is -0.139. The fraction of sp³-hybridized carbons (Fsp3) is 0.233. The first-order valence-corrected chi connectivity index (χ1v) is 13.2. The third kappa shape index (κ3) is 4.32. The minimum atomic E-state index is -0.847. The molecule has 8 heteroatoms. The Labute approximate surface area is 227 Å². The number of ether oxygens (including phenoxy) is 1. The van der Waals surface area contributed by atoms with Crippen molar-refractivity contribution in [3.05, 3.63) is 100 Å². The van der Waals surface area contributed by atoms with Gasteiger partial charge in [0, 0.05) is 27.4 Å². The van der Waals surface area contributed by atoms with Gasteiger partial charge < -0.3 is 14.4 Å². The van der Waals surface area contributed by atoms with Gasteiger partial charge >= 0.3 is 5.97 Å². The number of carbonyl (C=O) groups is 1. The highest BCUT2D eigenvalue weighted by molar-refractivity contribution is 9.10. The summed E-state index contributed by atoms with van der Waals surface area (Å²) in [6, 6.07) is 22.5. The highest BCUT2D eigenvalue weighted by atomic mass is 79.9. The summed E-state index contributed by atoms with van der Waals surface area (Å²) >= 11 is 3.31. The van der Waals surface area contributed by atoms with Crippen LogP contribution in [-0.4, -0.2) is 25.6 Å². The molecule has 5 aromatic rings. The van der Waals surface area contributed by atoms with Gasteiger partial charge in [0.05, 0.1) is 34.7 Å². The number of aromatic nitrogens is 3. The Balaban J connectivity index is 1.34. The molecule has 0 unspecified atom stereocenters. The Morgan fingerprint density at radius 2 is 1.87 bits per heavy atom. The second-order valence-electron chi connectivity index (χ2n) is 10.3. The maximum atomic E-state index is 14.8. The molecule has 2 atom stereocenters. The van der Waals surface area contributed by atoms with E-state index < -0.39 is 17.3 Å². The predicted octanol–water partition coefficient (Wildman–Crippen LogP) is 6.94. The Morgan fingerprint density at radius 3 is 2.63 bits per heavy atom. The van der Waals surface area contributed by atoms with Crippen LogP contribution in [0.2, 0.25) is 0 Å². The Morgan fingerprint density at radius 1 is 1.05 bits per heavy atom. The maximum absolute atomic E-state index is 14.8. The molecule has 6 rings (SSSR count). The van der Waals surface area contributed by atoms with Crippen molar-refractivity contribution in [2.45, 2.75) is 32.9 Å². The number of carboxylic acid groups (broad SMARTS) is 1. The molecule has 1 N–H and O–H groups in total. The van der Waals surface area contributed by atoms with E-state index >= 15 is 0 Å². The van der Waals surface area contributed by atoms with E-state index in [1.807, 2.05) is 73.0 Å². The van der Waals surface area contributed by atoms with E-state index in [2.05, 4.69) is 20.9 Å². The minimum absolute atomic E-state index is 0.241. The van der Waals surface area contributed by atoms with Crippen LogP contribution in [0.1, 0.15) is 36.8 Å². The summed E-state index contributed by atoms with van der Waals surface area (Å²) in [6.45, 7) is 4.41. The molecule has 6 nitrogen and oxygen atoms in total. The molecule has 192 valence electrons. The lowest BCUT2D eigenvalue weighted by Gasteiger charge is -2.12. The van der Waals surface area contributed by atoms with Crippen LogP contribution in [0.25, 0.3) is 21.9 Å². The number of pyridine rings is 1. The highest BCUT2D eigenvalue weighted by Crippen LogP contribution is 2.64. The molecular formula is C30H25BrFN3O3. The van der Waals surface area contributed by atoms with E-state index in [-0.39, 0.29) is 18.3 Å². The summed E-state index contributed by atoms with van der Waals surface area (Å²) in [4.78, 5) is 21.5. The summed E-state index contributed by atoms with van der Waals surface area (Å²) in [5.74, 6) is -0.740. The number of rotatable bonds is 7. The van der Waals surface area contributed by atoms with Crippen molar-refractivity contribution in [3.8, 4) is 5.75 Å². The second kappa shape index (κ2) is 9.20. The number of hydrogen-bond donors (Lipinski definition) is 1. The maximum Gasteiger partial charge on any atom is 0.307 e. The second-order valence-corrected chi connectivity index (χ2v) is 11.3. The monoisotopic (exact) mass is 573 g/mol. The number of para-hydroxylation sites is 1. The molecule has 0 saturated heterocycles. The van der Waals surface area contributed by atoms with Crippen molar-refractivity contribution in [1.82, 2.24) is 14.5 Å². The minimum Gasteiger partial charge on any atom is -0.487 e. The summed E-state index contributed by atoms with van der Waals surface area (Å²) in [7, 11) is 0. The van der Waals surface area contributed by atoms with E-state index in [4.69, 9.17) is 9.72 Å². The van der Waals surface area contributed by atoms with Gasteiger partial charge in [0.1, 0.15) is 24.0 Å².